The topological polar surface area (TPSA) is 0 Å². The highest BCUT2D eigenvalue weighted by molar-refractivity contribution is 4.95. The van der Waals surface area contributed by atoms with Crippen molar-refractivity contribution in [2.45, 2.75) is 32.1 Å². The van der Waals surface area contributed by atoms with Crippen molar-refractivity contribution in [3.63, 3.8) is 0 Å². The van der Waals surface area contributed by atoms with Gasteiger partial charge < -0.3 is 0 Å². The van der Waals surface area contributed by atoms with Crippen LogP contribution in [0.1, 0.15) is 32.1 Å². The van der Waals surface area contributed by atoms with Gasteiger partial charge in [0, 0.05) is 0 Å². The number of hydrogen-bond donors (Lipinski definition) is 0. The van der Waals surface area contributed by atoms with E-state index in [9.17, 15) is 0 Å². The van der Waals surface area contributed by atoms with Crippen LogP contribution in [-0.2, 0) is 0 Å². The molecule has 0 nitrogen and oxygen atoms in total. The zero-order chi connectivity index (χ0) is 5.66. The first-order chi connectivity index (χ1) is 4.00. The summed E-state index contributed by atoms with van der Waals surface area (Å²) >= 11 is 0. The van der Waals surface area contributed by atoms with Gasteiger partial charge in [-0.15, -0.1) is 0 Å². The Labute approximate surface area is 51.6 Å². The van der Waals surface area contributed by atoms with Crippen LogP contribution in [0.2, 0.25) is 0 Å². The molecule has 0 aromatic rings. The SMILES string of the molecule is [CH]1/C=C/CCCCC1. The molecule has 0 aromatic heterocycles. The van der Waals surface area contributed by atoms with Crippen molar-refractivity contribution in [3.05, 3.63) is 18.6 Å². The predicted molar refractivity (Wildman–Crippen MR) is 36.5 cm³/mol. The second-order valence-corrected chi connectivity index (χ2v) is 2.30. The summed E-state index contributed by atoms with van der Waals surface area (Å²) < 4.78 is 0. The van der Waals surface area contributed by atoms with Gasteiger partial charge in [0.25, 0.3) is 0 Å². The fourth-order valence-electron chi connectivity index (χ4n) is 0.990. The maximum absolute atomic E-state index is 2.26. The van der Waals surface area contributed by atoms with Crippen LogP contribution in [0.3, 0.4) is 0 Å². The molecule has 1 aliphatic rings. The monoisotopic (exact) mass is 109 g/mol. The van der Waals surface area contributed by atoms with Crippen molar-refractivity contribution in [2.24, 2.45) is 0 Å². The van der Waals surface area contributed by atoms with E-state index >= 15 is 0 Å². The van der Waals surface area contributed by atoms with Crippen LogP contribution >= 0.6 is 0 Å². The van der Waals surface area contributed by atoms with Crippen molar-refractivity contribution in [2.75, 3.05) is 0 Å². The summed E-state index contributed by atoms with van der Waals surface area (Å²) in [5.74, 6) is 0. The van der Waals surface area contributed by atoms with E-state index in [1.54, 1.807) is 0 Å². The molecule has 0 amide bonds. The summed E-state index contributed by atoms with van der Waals surface area (Å²) in [7, 11) is 0. The average Bonchev–Trinajstić information content (AvgIpc) is 1.62. The highest BCUT2D eigenvalue weighted by atomic mass is 14.0. The Morgan fingerprint density at radius 1 is 0.875 bits per heavy atom. The smallest absolute Gasteiger partial charge is 0.0171 e. The maximum Gasteiger partial charge on any atom is -0.0171 e. The summed E-state index contributed by atoms with van der Waals surface area (Å²) in [5.41, 5.74) is 0. The summed E-state index contributed by atoms with van der Waals surface area (Å²) in [6.07, 6.45) is 13.5. The Morgan fingerprint density at radius 2 is 1.75 bits per heavy atom. The van der Waals surface area contributed by atoms with Crippen LogP contribution in [0.25, 0.3) is 0 Å². The van der Waals surface area contributed by atoms with Gasteiger partial charge in [0.15, 0.2) is 0 Å². The average molecular weight is 109 g/mol. The third-order valence-corrected chi connectivity index (χ3v) is 1.51. The lowest BCUT2D eigenvalue weighted by Gasteiger charge is -1.99. The minimum absolute atomic E-state index is 1.29. The van der Waals surface area contributed by atoms with Crippen LogP contribution in [0.5, 0.6) is 0 Å². The summed E-state index contributed by atoms with van der Waals surface area (Å²) in [6, 6.07) is 0. The molecule has 0 aliphatic heterocycles. The van der Waals surface area contributed by atoms with Crippen LogP contribution in [0.4, 0.5) is 0 Å². The number of allylic oxidation sites excluding steroid dienone is 2. The highest BCUT2D eigenvalue weighted by Gasteiger charge is 1.90. The third kappa shape index (κ3) is 2.15. The van der Waals surface area contributed by atoms with Crippen molar-refractivity contribution in [3.8, 4) is 0 Å². The molecule has 0 N–H and O–H groups in total. The molecule has 0 heterocycles. The van der Waals surface area contributed by atoms with E-state index in [-0.39, 0.29) is 0 Å². The van der Waals surface area contributed by atoms with Crippen molar-refractivity contribution in [1.29, 1.82) is 0 Å². The summed E-state index contributed by atoms with van der Waals surface area (Å²) in [6.45, 7) is 0. The lowest BCUT2D eigenvalue weighted by Crippen LogP contribution is -1.80. The van der Waals surface area contributed by atoms with Crippen LogP contribution in [-0.4, -0.2) is 0 Å². The molecular weight excluding hydrogens is 96.1 g/mol. The van der Waals surface area contributed by atoms with E-state index in [4.69, 9.17) is 0 Å². The Hall–Kier alpha value is -0.260. The molecular formula is C8H13. The number of hydrogen-bond acceptors (Lipinski definition) is 0. The van der Waals surface area contributed by atoms with Crippen LogP contribution < -0.4 is 0 Å². The standard InChI is InChI=1S/C8H13/c1-2-4-6-8-7-5-3-1/h1-3H,4-8H2/b2-1+. The molecule has 0 spiro atoms. The van der Waals surface area contributed by atoms with Gasteiger partial charge in [-0.3, -0.25) is 0 Å². The molecule has 0 unspecified atom stereocenters. The largest absolute Gasteiger partial charge is 0.0882 e. The van der Waals surface area contributed by atoms with Crippen molar-refractivity contribution in [1.82, 2.24) is 0 Å². The molecule has 0 atom stereocenters. The first-order valence-corrected chi connectivity index (χ1v) is 3.48. The van der Waals surface area contributed by atoms with Gasteiger partial charge in [0.1, 0.15) is 0 Å². The molecule has 0 saturated carbocycles. The van der Waals surface area contributed by atoms with Gasteiger partial charge in [0.05, 0.1) is 0 Å². The molecule has 1 aliphatic carbocycles. The molecule has 8 heavy (non-hydrogen) atoms. The minimum atomic E-state index is 1.29. The molecule has 0 fully saturated rings. The lowest BCUT2D eigenvalue weighted by atomic mass is 10.1. The predicted octanol–water partition coefficient (Wildman–Crippen LogP) is 2.71. The zero-order valence-corrected chi connectivity index (χ0v) is 5.27. The lowest BCUT2D eigenvalue weighted by molar-refractivity contribution is 0.677. The summed E-state index contributed by atoms with van der Waals surface area (Å²) in [5, 5.41) is 0. The number of rotatable bonds is 0. The van der Waals surface area contributed by atoms with Gasteiger partial charge in [-0.05, 0) is 25.7 Å². The van der Waals surface area contributed by atoms with Gasteiger partial charge in [-0.2, -0.15) is 0 Å². The first-order valence-electron chi connectivity index (χ1n) is 3.48. The van der Waals surface area contributed by atoms with E-state index in [2.05, 4.69) is 18.6 Å². The summed E-state index contributed by atoms with van der Waals surface area (Å²) in [4.78, 5) is 0. The Bertz CT molecular complexity index is 62.1. The highest BCUT2D eigenvalue weighted by Crippen LogP contribution is 2.09. The molecule has 1 rings (SSSR count). The molecule has 1 radical (unpaired) electrons. The van der Waals surface area contributed by atoms with E-state index in [0.29, 0.717) is 0 Å². The Morgan fingerprint density at radius 3 is 2.75 bits per heavy atom. The van der Waals surface area contributed by atoms with Crippen molar-refractivity contribution < 1.29 is 0 Å². The third-order valence-electron chi connectivity index (χ3n) is 1.51. The molecule has 45 valence electrons. The fourth-order valence-corrected chi connectivity index (χ4v) is 0.990. The Balaban J connectivity index is 2.17. The zero-order valence-electron chi connectivity index (χ0n) is 5.27. The van der Waals surface area contributed by atoms with Crippen molar-refractivity contribution >= 4 is 0 Å². The van der Waals surface area contributed by atoms with E-state index in [1.807, 2.05) is 0 Å². The Kier molecular flexibility index (Phi) is 2.72. The molecule has 0 saturated heterocycles. The molecule has 0 bridgehead atoms. The van der Waals surface area contributed by atoms with Gasteiger partial charge >= 0.3 is 0 Å². The first kappa shape index (κ1) is 5.87. The molecule has 0 aromatic carbocycles. The quantitative estimate of drug-likeness (QED) is 0.448. The fraction of sp³-hybridized carbons (Fsp3) is 0.625. The van der Waals surface area contributed by atoms with E-state index < -0.39 is 0 Å². The van der Waals surface area contributed by atoms with Gasteiger partial charge in [-0.25, -0.2) is 0 Å². The second kappa shape index (κ2) is 3.71. The minimum Gasteiger partial charge on any atom is -0.0882 e. The van der Waals surface area contributed by atoms with Crippen LogP contribution in [0, 0.1) is 6.42 Å². The van der Waals surface area contributed by atoms with E-state index in [0.717, 1.165) is 0 Å². The van der Waals surface area contributed by atoms with Gasteiger partial charge in [0.2, 0.25) is 0 Å². The van der Waals surface area contributed by atoms with Crippen LogP contribution in [0.15, 0.2) is 12.2 Å². The normalized spacial score (nSPS) is 26.0. The van der Waals surface area contributed by atoms with Gasteiger partial charge in [-0.1, -0.05) is 25.0 Å². The maximum atomic E-state index is 2.26. The second-order valence-electron chi connectivity index (χ2n) is 2.30. The van der Waals surface area contributed by atoms with E-state index in [1.165, 1.54) is 32.1 Å². The molecule has 0 heteroatoms.